The number of carbonyl (C=O) groups excluding carboxylic acids is 1. The number of hydrogen-bond acceptors (Lipinski definition) is 5. The highest BCUT2D eigenvalue weighted by molar-refractivity contribution is 7.99. The molecular formula is C14H16N2O3S. The van der Waals surface area contributed by atoms with Gasteiger partial charge in [0.15, 0.2) is 0 Å². The fraction of sp³-hybridized carbons (Fsp3) is 0.286. The lowest BCUT2D eigenvalue weighted by Crippen LogP contribution is -2.22. The molecule has 0 aliphatic carbocycles. The molecule has 1 amide bonds. The Hall–Kier alpha value is -1.95. The van der Waals surface area contributed by atoms with E-state index in [1.165, 1.54) is 11.8 Å². The molecule has 1 atom stereocenters. The molecule has 0 aliphatic rings. The summed E-state index contributed by atoms with van der Waals surface area (Å²) in [6.07, 6.45) is 1.60. The number of thioether (sulfide) groups is 1. The first kappa shape index (κ1) is 14.5. The van der Waals surface area contributed by atoms with Gasteiger partial charge in [0.05, 0.1) is 18.1 Å². The summed E-state index contributed by atoms with van der Waals surface area (Å²) in [5.74, 6) is 1.60. The number of hydrogen-bond donors (Lipinski definition) is 1. The van der Waals surface area contributed by atoms with Crippen LogP contribution in [-0.2, 0) is 10.5 Å². The maximum absolute atomic E-state index is 11.0. The number of nitrogens with two attached hydrogens (primary N) is 1. The van der Waals surface area contributed by atoms with Crippen LogP contribution in [0.15, 0.2) is 34.9 Å². The molecule has 2 rings (SSSR count). The molecule has 5 nitrogen and oxygen atoms in total. The van der Waals surface area contributed by atoms with E-state index in [0.29, 0.717) is 11.6 Å². The minimum Gasteiger partial charge on any atom is -0.497 e. The molecule has 0 spiro atoms. The minimum atomic E-state index is -0.325. The summed E-state index contributed by atoms with van der Waals surface area (Å²) in [4.78, 5) is 15.3. The maximum Gasteiger partial charge on any atom is 0.230 e. The fourth-order valence-corrected chi connectivity index (χ4v) is 2.25. The van der Waals surface area contributed by atoms with Crippen molar-refractivity contribution < 1.29 is 13.9 Å². The monoisotopic (exact) mass is 292 g/mol. The van der Waals surface area contributed by atoms with Crippen LogP contribution in [0.2, 0.25) is 0 Å². The van der Waals surface area contributed by atoms with Crippen LogP contribution in [0.1, 0.15) is 12.6 Å². The van der Waals surface area contributed by atoms with Crippen LogP contribution in [0, 0.1) is 0 Å². The SMILES string of the molecule is COc1ccc(-c2nc(CS[C@@H](C)C(N)=O)co2)cc1. The first-order valence-corrected chi connectivity index (χ1v) is 7.14. The number of benzene rings is 1. The number of carbonyl (C=O) groups is 1. The van der Waals surface area contributed by atoms with Crippen LogP contribution >= 0.6 is 11.8 Å². The predicted octanol–water partition coefficient (Wildman–Crippen LogP) is 2.46. The average molecular weight is 292 g/mol. The van der Waals surface area contributed by atoms with Crippen molar-refractivity contribution >= 4 is 17.7 Å². The highest BCUT2D eigenvalue weighted by atomic mass is 32.2. The third-order valence-corrected chi connectivity index (χ3v) is 3.97. The van der Waals surface area contributed by atoms with E-state index < -0.39 is 0 Å². The van der Waals surface area contributed by atoms with Crippen molar-refractivity contribution in [2.24, 2.45) is 5.73 Å². The Morgan fingerprint density at radius 3 is 2.75 bits per heavy atom. The van der Waals surface area contributed by atoms with Gasteiger partial charge < -0.3 is 14.9 Å². The molecular weight excluding hydrogens is 276 g/mol. The van der Waals surface area contributed by atoms with Gasteiger partial charge in [-0.3, -0.25) is 4.79 Å². The highest BCUT2D eigenvalue weighted by Gasteiger charge is 2.12. The first-order valence-electron chi connectivity index (χ1n) is 6.10. The van der Waals surface area contributed by atoms with Crippen LogP contribution in [0.25, 0.3) is 11.5 Å². The Bertz CT molecular complexity index is 580. The zero-order valence-electron chi connectivity index (χ0n) is 11.3. The number of oxazole rings is 1. The molecule has 0 saturated heterocycles. The number of methoxy groups -OCH3 is 1. The molecule has 2 aromatic rings. The fourth-order valence-electron chi connectivity index (χ4n) is 1.53. The second-order valence-electron chi connectivity index (χ2n) is 4.23. The van der Waals surface area contributed by atoms with Crippen LogP contribution in [0.4, 0.5) is 0 Å². The third kappa shape index (κ3) is 3.54. The van der Waals surface area contributed by atoms with Crippen molar-refractivity contribution in [3.05, 3.63) is 36.2 Å². The lowest BCUT2D eigenvalue weighted by molar-refractivity contribution is -0.117. The summed E-state index contributed by atoms with van der Waals surface area (Å²) in [7, 11) is 1.62. The zero-order chi connectivity index (χ0) is 14.5. The van der Waals surface area contributed by atoms with Gasteiger partial charge in [0.25, 0.3) is 0 Å². The van der Waals surface area contributed by atoms with Crippen molar-refractivity contribution in [3.63, 3.8) is 0 Å². The van der Waals surface area contributed by atoms with E-state index in [0.717, 1.165) is 17.0 Å². The smallest absolute Gasteiger partial charge is 0.230 e. The molecule has 0 aliphatic heterocycles. The molecule has 20 heavy (non-hydrogen) atoms. The van der Waals surface area contributed by atoms with Crippen molar-refractivity contribution in [1.82, 2.24) is 4.98 Å². The number of primary amides is 1. The Labute approximate surface area is 121 Å². The van der Waals surface area contributed by atoms with Gasteiger partial charge >= 0.3 is 0 Å². The molecule has 106 valence electrons. The summed E-state index contributed by atoms with van der Waals surface area (Å²) in [5.41, 5.74) is 6.87. The minimum absolute atomic E-state index is 0.240. The van der Waals surface area contributed by atoms with E-state index >= 15 is 0 Å². The summed E-state index contributed by atoms with van der Waals surface area (Å²) in [5, 5.41) is -0.240. The molecule has 1 heterocycles. The summed E-state index contributed by atoms with van der Waals surface area (Å²) in [6, 6.07) is 7.47. The highest BCUT2D eigenvalue weighted by Crippen LogP contribution is 2.24. The van der Waals surface area contributed by atoms with E-state index in [1.54, 1.807) is 20.3 Å². The standard InChI is InChI=1S/C14H16N2O3S/c1-9(13(15)17)20-8-11-7-19-14(16-11)10-3-5-12(18-2)6-4-10/h3-7,9H,8H2,1-2H3,(H2,15,17)/t9-/m0/s1. The number of nitrogens with zero attached hydrogens (tertiary/aromatic N) is 1. The van der Waals surface area contributed by atoms with Gasteiger partial charge in [0.1, 0.15) is 12.0 Å². The number of rotatable bonds is 6. The van der Waals surface area contributed by atoms with Gasteiger partial charge in [-0.25, -0.2) is 4.98 Å². The van der Waals surface area contributed by atoms with Gasteiger partial charge in [-0.15, -0.1) is 11.8 Å². The van der Waals surface area contributed by atoms with Gasteiger partial charge in [-0.1, -0.05) is 0 Å². The number of ether oxygens (including phenoxy) is 1. The van der Waals surface area contributed by atoms with Crippen molar-refractivity contribution in [2.75, 3.05) is 7.11 Å². The molecule has 2 N–H and O–H groups in total. The lowest BCUT2D eigenvalue weighted by Gasteiger charge is -2.03. The Morgan fingerprint density at radius 2 is 2.15 bits per heavy atom. The van der Waals surface area contributed by atoms with E-state index in [1.807, 2.05) is 24.3 Å². The molecule has 1 aromatic carbocycles. The molecule has 0 saturated carbocycles. The summed E-state index contributed by atoms with van der Waals surface area (Å²) < 4.78 is 10.5. The normalized spacial score (nSPS) is 12.1. The number of amides is 1. The number of aromatic nitrogens is 1. The van der Waals surface area contributed by atoms with Crippen molar-refractivity contribution in [3.8, 4) is 17.2 Å². The van der Waals surface area contributed by atoms with E-state index in [9.17, 15) is 4.79 Å². The summed E-state index contributed by atoms with van der Waals surface area (Å²) in [6.45, 7) is 1.78. The summed E-state index contributed by atoms with van der Waals surface area (Å²) >= 11 is 1.44. The second kappa shape index (κ2) is 6.47. The second-order valence-corrected chi connectivity index (χ2v) is 5.56. The zero-order valence-corrected chi connectivity index (χ0v) is 12.1. The van der Waals surface area contributed by atoms with Crippen molar-refractivity contribution in [2.45, 2.75) is 17.9 Å². The lowest BCUT2D eigenvalue weighted by atomic mass is 10.2. The predicted molar refractivity (Wildman–Crippen MR) is 78.4 cm³/mol. The Morgan fingerprint density at radius 1 is 1.45 bits per heavy atom. The largest absolute Gasteiger partial charge is 0.497 e. The Balaban J connectivity index is 2.02. The third-order valence-electron chi connectivity index (χ3n) is 2.77. The molecule has 1 aromatic heterocycles. The molecule has 6 heteroatoms. The molecule has 0 radical (unpaired) electrons. The van der Waals surface area contributed by atoms with Gasteiger partial charge in [0, 0.05) is 11.3 Å². The molecule has 0 unspecified atom stereocenters. The van der Waals surface area contributed by atoms with E-state index in [-0.39, 0.29) is 11.2 Å². The van der Waals surface area contributed by atoms with Gasteiger partial charge in [0.2, 0.25) is 11.8 Å². The topological polar surface area (TPSA) is 78.4 Å². The van der Waals surface area contributed by atoms with Crippen LogP contribution in [-0.4, -0.2) is 23.3 Å². The molecule has 0 fully saturated rings. The van der Waals surface area contributed by atoms with Crippen LogP contribution in [0.5, 0.6) is 5.75 Å². The Kier molecular flexibility index (Phi) is 4.68. The van der Waals surface area contributed by atoms with Gasteiger partial charge in [-0.05, 0) is 31.2 Å². The van der Waals surface area contributed by atoms with Crippen LogP contribution in [0.3, 0.4) is 0 Å². The van der Waals surface area contributed by atoms with Crippen LogP contribution < -0.4 is 10.5 Å². The quantitative estimate of drug-likeness (QED) is 0.884. The maximum atomic E-state index is 11.0. The van der Waals surface area contributed by atoms with Crippen molar-refractivity contribution in [1.29, 1.82) is 0 Å². The van der Waals surface area contributed by atoms with Gasteiger partial charge in [-0.2, -0.15) is 0 Å². The first-order chi connectivity index (χ1) is 9.60. The van der Waals surface area contributed by atoms with E-state index in [4.69, 9.17) is 14.9 Å². The molecule has 0 bridgehead atoms. The average Bonchev–Trinajstić information content (AvgIpc) is 2.93. The van der Waals surface area contributed by atoms with E-state index in [2.05, 4.69) is 4.98 Å².